The fraction of sp³-hybridized carbons (Fsp3) is 0.444. The van der Waals surface area contributed by atoms with Crippen LogP contribution >= 0.6 is 0 Å². The highest BCUT2D eigenvalue weighted by molar-refractivity contribution is 7.90. The maximum atomic E-state index is 12.3. The van der Waals surface area contributed by atoms with E-state index in [0.717, 1.165) is 12.3 Å². The third-order valence-electron chi connectivity index (χ3n) is 1.82. The molecule has 0 bridgehead atoms. The second kappa shape index (κ2) is 4.91. The van der Waals surface area contributed by atoms with E-state index in [1.54, 1.807) is 0 Å². The predicted octanol–water partition coefficient (Wildman–Crippen LogP) is 1.56. The number of sulfone groups is 1. The number of hydrogen-bond acceptors (Lipinski definition) is 4. The summed E-state index contributed by atoms with van der Waals surface area (Å²) in [5.41, 5.74) is -1.01. The molecule has 4 nitrogen and oxygen atoms in total. The highest BCUT2D eigenvalue weighted by atomic mass is 32.2. The van der Waals surface area contributed by atoms with Gasteiger partial charge in [-0.25, -0.2) is 13.4 Å². The van der Waals surface area contributed by atoms with Gasteiger partial charge in [-0.05, 0) is 12.1 Å². The van der Waals surface area contributed by atoms with Gasteiger partial charge in [0.2, 0.25) is 0 Å². The minimum Gasteiger partial charge on any atom is -0.369 e. The van der Waals surface area contributed by atoms with Crippen LogP contribution in [0.15, 0.2) is 18.2 Å². The van der Waals surface area contributed by atoms with Crippen molar-refractivity contribution in [2.75, 3.05) is 23.9 Å². The van der Waals surface area contributed by atoms with Gasteiger partial charge in [-0.1, -0.05) is 6.07 Å². The van der Waals surface area contributed by atoms with Gasteiger partial charge in [-0.3, -0.25) is 0 Å². The van der Waals surface area contributed by atoms with E-state index < -0.39 is 21.7 Å². The molecule has 1 heterocycles. The minimum atomic E-state index is -4.51. The molecule has 0 aliphatic carbocycles. The largest absolute Gasteiger partial charge is 0.433 e. The number of alkyl halides is 3. The number of rotatable bonds is 4. The van der Waals surface area contributed by atoms with Gasteiger partial charge in [0, 0.05) is 12.8 Å². The Balaban J connectivity index is 2.67. The Labute approximate surface area is 96.8 Å². The molecule has 0 aliphatic rings. The number of nitrogens with zero attached hydrogens (tertiary/aromatic N) is 1. The number of aromatic nitrogens is 1. The SMILES string of the molecule is CS(=O)(=O)CCNc1cccc(C(F)(F)F)n1. The van der Waals surface area contributed by atoms with E-state index in [-0.39, 0.29) is 18.1 Å². The summed E-state index contributed by atoms with van der Waals surface area (Å²) in [5, 5.41) is 2.52. The van der Waals surface area contributed by atoms with Gasteiger partial charge >= 0.3 is 6.18 Å². The van der Waals surface area contributed by atoms with E-state index in [1.807, 2.05) is 0 Å². The van der Waals surface area contributed by atoms with Gasteiger partial charge in [-0.2, -0.15) is 13.2 Å². The molecule has 0 atom stereocenters. The van der Waals surface area contributed by atoms with Crippen LogP contribution < -0.4 is 5.32 Å². The smallest absolute Gasteiger partial charge is 0.369 e. The third kappa shape index (κ3) is 5.03. The van der Waals surface area contributed by atoms with Crippen molar-refractivity contribution in [2.24, 2.45) is 0 Å². The van der Waals surface area contributed by atoms with E-state index in [4.69, 9.17) is 0 Å². The molecule has 0 fully saturated rings. The summed E-state index contributed by atoms with van der Waals surface area (Å²) in [5.74, 6) is -0.159. The summed E-state index contributed by atoms with van der Waals surface area (Å²) < 4.78 is 58.5. The lowest BCUT2D eigenvalue weighted by Crippen LogP contribution is -2.16. The Hall–Kier alpha value is -1.31. The monoisotopic (exact) mass is 268 g/mol. The van der Waals surface area contributed by atoms with Crippen LogP contribution in [0, 0.1) is 0 Å². The lowest BCUT2D eigenvalue weighted by molar-refractivity contribution is -0.141. The summed E-state index contributed by atoms with van der Waals surface area (Å²) in [6, 6.07) is 3.40. The van der Waals surface area contributed by atoms with Crippen molar-refractivity contribution in [3.8, 4) is 0 Å². The summed E-state index contributed by atoms with van der Waals surface area (Å²) in [4.78, 5) is 3.33. The predicted molar refractivity (Wildman–Crippen MR) is 57.4 cm³/mol. The summed E-state index contributed by atoms with van der Waals surface area (Å²) in [6.45, 7) is 0.0210. The zero-order valence-corrected chi connectivity index (χ0v) is 9.77. The molecule has 1 aromatic rings. The fourth-order valence-electron chi connectivity index (χ4n) is 1.06. The van der Waals surface area contributed by atoms with Crippen molar-refractivity contribution in [3.63, 3.8) is 0 Å². The van der Waals surface area contributed by atoms with Crippen molar-refractivity contribution < 1.29 is 21.6 Å². The van der Waals surface area contributed by atoms with Gasteiger partial charge in [0.1, 0.15) is 21.3 Å². The van der Waals surface area contributed by atoms with Gasteiger partial charge in [-0.15, -0.1) is 0 Å². The van der Waals surface area contributed by atoms with E-state index in [1.165, 1.54) is 12.1 Å². The first kappa shape index (κ1) is 13.8. The molecular weight excluding hydrogens is 257 g/mol. The summed E-state index contributed by atoms with van der Waals surface area (Å²) in [7, 11) is -3.15. The van der Waals surface area contributed by atoms with Crippen LogP contribution in [-0.2, 0) is 16.0 Å². The molecular formula is C9H11F3N2O2S. The van der Waals surface area contributed by atoms with Crippen LogP contribution in [0.5, 0.6) is 0 Å². The molecule has 1 aromatic heterocycles. The highest BCUT2D eigenvalue weighted by Crippen LogP contribution is 2.27. The average Bonchev–Trinajstić information content (AvgIpc) is 2.15. The van der Waals surface area contributed by atoms with Gasteiger partial charge in [0.15, 0.2) is 0 Å². The molecule has 96 valence electrons. The summed E-state index contributed by atoms with van der Waals surface area (Å²) in [6.07, 6.45) is -3.46. The van der Waals surface area contributed by atoms with Crippen molar-refractivity contribution in [1.29, 1.82) is 0 Å². The zero-order valence-electron chi connectivity index (χ0n) is 8.95. The molecule has 8 heteroatoms. The van der Waals surface area contributed by atoms with Crippen LogP contribution in [0.3, 0.4) is 0 Å². The first-order chi connectivity index (χ1) is 7.68. The maximum absolute atomic E-state index is 12.3. The first-order valence-corrected chi connectivity index (χ1v) is 6.70. The lowest BCUT2D eigenvalue weighted by Gasteiger charge is -2.08. The Morgan fingerprint density at radius 2 is 2.00 bits per heavy atom. The van der Waals surface area contributed by atoms with Crippen molar-refractivity contribution in [3.05, 3.63) is 23.9 Å². The molecule has 0 saturated heterocycles. The number of halogens is 3. The Kier molecular flexibility index (Phi) is 3.97. The van der Waals surface area contributed by atoms with E-state index in [0.29, 0.717) is 0 Å². The van der Waals surface area contributed by atoms with Crippen LogP contribution in [0.4, 0.5) is 19.0 Å². The van der Waals surface area contributed by atoms with E-state index >= 15 is 0 Å². The first-order valence-electron chi connectivity index (χ1n) is 4.64. The fourth-order valence-corrected chi connectivity index (χ4v) is 1.53. The van der Waals surface area contributed by atoms with Gasteiger partial charge in [0.25, 0.3) is 0 Å². The number of anilines is 1. The highest BCUT2D eigenvalue weighted by Gasteiger charge is 2.32. The summed E-state index contributed by atoms with van der Waals surface area (Å²) >= 11 is 0. The van der Waals surface area contributed by atoms with Gasteiger partial charge < -0.3 is 5.32 Å². The van der Waals surface area contributed by atoms with Crippen molar-refractivity contribution >= 4 is 15.7 Å². The molecule has 0 unspecified atom stereocenters. The van der Waals surface area contributed by atoms with Crippen LogP contribution in [0.25, 0.3) is 0 Å². The van der Waals surface area contributed by atoms with E-state index in [9.17, 15) is 21.6 Å². The average molecular weight is 268 g/mol. The maximum Gasteiger partial charge on any atom is 0.433 e. The van der Waals surface area contributed by atoms with Crippen LogP contribution in [0.1, 0.15) is 5.69 Å². The van der Waals surface area contributed by atoms with Crippen LogP contribution in [-0.4, -0.2) is 32.0 Å². The van der Waals surface area contributed by atoms with Crippen molar-refractivity contribution in [2.45, 2.75) is 6.18 Å². The molecule has 0 aromatic carbocycles. The normalized spacial score (nSPS) is 12.5. The minimum absolute atomic E-state index is 0.00322. The number of pyridine rings is 1. The van der Waals surface area contributed by atoms with Crippen LogP contribution in [0.2, 0.25) is 0 Å². The second-order valence-electron chi connectivity index (χ2n) is 3.46. The van der Waals surface area contributed by atoms with Gasteiger partial charge in [0.05, 0.1) is 5.75 Å². The third-order valence-corrected chi connectivity index (χ3v) is 2.76. The lowest BCUT2D eigenvalue weighted by atomic mass is 10.3. The molecule has 0 saturated carbocycles. The second-order valence-corrected chi connectivity index (χ2v) is 5.72. The molecule has 17 heavy (non-hydrogen) atoms. The van der Waals surface area contributed by atoms with E-state index in [2.05, 4.69) is 10.3 Å². The number of nitrogens with one attached hydrogen (secondary N) is 1. The topological polar surface area (TPSA) is 59.1 Å². The standard InChI is InChI=1S/C9H11F3N2O2S/c1-17(15,16)6-5-13-8-4-2-3-7(14-8)9(10,11)12/h2-4H,5-6H2,1H3,(H,13,14). The Morgan fingerprint density at radius 3 is 2.53 bits per heavy atom. The molecule has 1 N–H and O–H groups in total. The Bertz CT molecular complexity index is 485. The quantitative estimate of drug-likeness (QED) is 0.900. The molecule has 1 rings (SSSR count). The van der Waals surface area contributed by atoms with Crippen molar-refractivity contribution in [1.82, 2.24) is 4.98 Å². The number of hydrogen-bond donors (Lipinski definition) is 1. The zero-order chi connectivity index (χ0) is 13.1. The molecule has 0 spiro atoms. The molecule has 0 radical (unpaired) electrons. The molecule has 0 amide bonds. The molecule has 0 aliphatic heterocycles. The Morgan fingerprint density at radius 1 is 1.35 bits per heavy atom.